The maximum absolute atomic E-state index is 12.5. The van der Waals surface area contributed by atoms with E-state index >= 15 is 0 Å². The first kappa shape index (κ1) is 14.2. The molecule has 0 unspecified atom stereocenters. The van der Waals surface area contributed by atoms with Crippen molar-refractivity contribution in [1.82, 2.24) is 4.98 Å². The molecule has 0 aliphatic heterocycles. The minimum Gasteiger partial charge on any atom is -0.496 e. The smallest absolute Gasteiger partial charge is 0.178 e. The average Bonchev–Trinajstić information content (AvgIpc) is 3.03. The number of aromatic nitrogens is 1. The highest BCUT2D eigenvalue weighted by molar-refractivity contribution is 7.27. The number of hydrogen-bond acceptors (Lipinski definition) is 5. The molecule has 3 nitrogen and oxygen atoms in total. The Balaban J connectivity index is 1.89. The van der Waals surface area contributed by atoms with Gasteiger partial charge in [-0.3, -0.25) is 9.78 Å². The van der Waals surface area contributed by atoms with Crippen LogP contribution in [0.2, 0.25) is 0 Å². The molecule has 3 aromatic rings. The third-order valence-electron chi connectivity index (χ3n) is 3.49. The van der Waals surface area contributed by atoms with Gasteiger partial charge in [0, 0.05) is 26.7 Å². The largest absolute Gasteiger partial charge is 0.496 e. The van der Waals surface area contributed by atoms with Crippen LogP contribution in [-0.2, 0) is 6.42 Å². The van der Waals surface area contributed by atoms with Crippen LogP contribution >= 0.6 is 22.7 Å². The molecule has 21 heavy (non-hydrogen) atoms. The molecule has 0 saturated carbocycles. The van der Waals surface area contributed by atoms with Gasteiger partial charge in [0.15, 0.2) is 5.78 Å². The van der Waals surface area contributed by atoms with Crippen LogP contribution < -0.4 is 4.74 Å². The number of rotatable bonds is 4. The summed E-state index contributed by atoms with van der Waals surface area (Å²) in [7, 11) is 1.65. The van der Waals surface area contributed by atoms with E-state index in [-0.39, 0.29) is 5.78 Å². The quantitative estimate of drug-likeness (QED) is 0.669. The van der Waals surface area contributed by atoms with E-state index in [1.165, 1.54) is 9.40 Å². The number of ketones is 1. The van der Waals surface area contributed by atoms with Gasteiger partial charge in [-0.15, -0.1) is 22.7 Å². The molecule has 0 radical (unpaired) electrons. The fraction of sp³-hybridized carbons (Fsp3) is 0.250. The highest BCUT2D eigenvalue weighted by atomic mass is 32.1. The van der Waals surface area contributed by atoms with Crippen molar-refractivity contribution in [1.29, 1.82) is 0 Å². The van der Waals surface area contributed by atoms with Gasteiger partial charge in [-0.2, -0.15) is 0 Å². The highest BCUT2D eigenvalue weighted by Gasteiger charge is 2.16. The lowest BCUT2D eigenvalue weighted by molar-refractivity contribution is 0.0995. The Hall–Kier alpha value is -1.72. The average molecular weight is 317 g/mol. The summed E-state index contributed by atoms with van der Waals surface area (Å²) in [6.07, 6.45) is 2.08. The monoisotopic (exact) mass is 317 g/mol. The Labute approximate surface area is 131 Å². The fourth-order valence-electron chi connectivity index (χ4n) is 2.39. The Bertz CT molecular complexity index is 788. The molecular weight excluding hydrogens is 302 g/mol. The fourth-order valence-corrected chi connectivity index (χ4v) is 4.44. The summed E-state index contributed by atoms with van der Waals surface area (Å²) in [5.74, 6) is 0.935. The topological polar surface area (TPSA) is 39.2 Å². The zero-order valence-corrected chi connectivity index (χ0v) is 13.7. The molecule has 0 fully saturated rings. The van der Waals surface area contributed by atoms with Crippen molar-refractivity contribution in [2.45, 2.75) is 20.3 Å². The lowest BCUT2D eigenvalue weighted by atomic mass is 10.1. The number of nitrogens with zero attached hydrogens (tertiary/aromatic N) is 1. The van der Waals surface area contributed by atoms with Crippen LogP contribution in [0.4, 0.5) is 0 Å². The van der Waals surface area contributed by atoms with Gasteiger partial charge in [0.2, 0.25) is 0 Å². The Kier molecular flexibility index (Phi) is 3.78. The third-order valence-corrected chi connectivity index (χ3v) is 5.63. The molecule has 3 aromatic heterocycles. The minimum absolute atomic E-state index is 0.116. The third kappa shape index (κ3) is 2.59. The standard InChI is InChI=1S/C16H15NO2S2/c1-9-8-17-11(10(2)16(9)19-3)6-12(18)14-7-15-13(21-14)4-5-20-15/h4-5,7-8H,6H2,1-3H3. The highest BCUT2D eigenvalue weighted by Crippen LogP contribution is 2.31. The van der Waals surface area contributed by atoms with E-state index in [0.29, 0.717) is 6.42 Å². The predicted octanol–water partition coefficient (Wildman–Crippen LogP) is 4.41. The van der Waals surface area contributed by atoms with Crippen molar-refractivity contribution in [3.05, 3.63) is 45.4 Å². The first-order valence-electron chi connectivity index (χ1n) is 6.59. The second kappa shape index (κ2) is 5.58. The number of thiophene rings is 2. The predicted molar refractivity (Wildman–Crippen MR) is 88.0 cm³/mol. The van der Waals surface area contributed by atoms with Crippen LogP contribution in [0.5, 0.6) is 5.75 Å². The maximum atomic E-state index is 12.5. The van der Waals surface area contributed by atoms with E-state index in [1.807, 2.05) is 25.3 Å². The summed E-state index contributed by atoms with van der Waals surface area (Å²) in [6, 6.07) is 4.04. The first-order valence-corrected chi connectivity index (χ1v) is 8.29. The van der Waals surface area contributed by atoms with E-state index < -0.39 is 0 Å². The summed E-state index contributed by atoms with van der Waals surface area (Å²) in [5.41, 5.74) is 2.73. The Morgan fingerprint density at radius 3 is 2.86 bits per heavy atom. The number of fused-ring (bicyclic) bond motifs is 1. The molecule has 3 heterocycles. The van der Waals surface area contributed by atoms with Gasteiger partial charge in [-0.25, -0.2) is 0 Å². The normalized spacial score (nSPS) is 11.0. The molecule has 108 valence electrons. The van der Waals surface area contributed by atoms with Gasteiger partial charge < -0.3 is 4.74 Å². The molecule has 3 rings (SSSR count). The number of hydrogen-bond donors (Lipinski definition) is 0. The lowest BCUT2D eigenvalue weighted by Gasteiger charge is -2.11. The van der Waals surface area contributed by atoms with Gasteiger partial charge in [-0.05, 0) is 31.4 Å². The van der Waals surface area contributed by atoms with E-state index in [9.17, 15) is 4.79 Å². The molecular formula is C16H15NO2S2. The van der Waals surface area contributed by atoms with Gasteiger partial charge >= 0.3 is 0 Å². The van der Waals surface area contributed by atoms with Crippen molar-refractivity contribution < 1.29 is 9.53 Å². The van der Waals surface area contributed by atoms with Crippen LogP contribution in [-0.4, -0.2) is 17.9 Å². The van der Waals surface area contributed by atoms with E-state index in [2.05, 4.69) is 11.1 Å². The molecule has 0 atom stereocenters. The van der Waals surface area contributed by atoms with Gasteiger partial charge in [0.05, 0.1) is 24.1 Å². The minimum atomic E-state index is 0.116. The first-order chi connectivity index (χ1) is 10.1. The van der Waals surface area contributed by atoms with Crippen molar-refractivity contribution >= 4 is 37.9 Å². The lowest BCUT2D eigenvalue weighted by Crippen LogP contribution is -2.07. The molecule has 0 spiro atoms. The molecule has 0 aliphatic rings. The summed E-state index contributed by atoms with van der Waals surface area (Å²) < 4.78 is 7.74. The SMILES string of the molecule is COc1c(C)cnc(CC(=O)c2cc3sccc3s2)c1C. The van der Waals surface area contributed by atoms with Crippen LogP contribution in [0.1, 0.15) is 26.5 Å². The zero-order chi connectivity index (χ0) is 15.0. The number of aryl methyl sites for hydroxylation is 1. The number of pyridine rings is 1. The number of methoxy groups -OCH3 is 1. The van der Waals surface area contributed by atoms with Crippen LogP contribution in [0, 0.1) is 13.8 Å². The summed E-state index contributed by atoms with van der Waals surface area (Å²) in [5, 5.41) is 2.05. The second-order valence-electron chi connectivity index (χ2n) is 4.91. The van der Waals surface area contributed by atoms with Gasteiger partial charge in [0.1, 0.15) is 5.75 Å². The molecule has 0 bridgehead atoms. The van der Waals surface area contributed by atoms with E-state index in [4.69, 9.17) is 4.74 Å². The molecule has 5 heteroatoms. The molecule has 0 aliphatic carbocycles. The van der Waals surface area contributed by atoms with E-state index in [0.717, 1.165) is 27.4 Å². The Morgan fingerprint density at radius 1 is 1.33 bits per heavy atom. The van der Waals surface area contributed by atoms with Crippen molar-refractivity contribution in [2.75, 3.05) is 7.11 Å². The van der Waals surface area contributed by atoms with Gasteiger partial charge in [0.25, 0.3) is 0 Å². The number of carbonyl (C=O) groups excluding carboxylic acids is 1. The van der Waals surface area contributed by atoms with Crippen molar-refractivity contribution in [2.24, 2.45) is 0 Å². The number of Topliss-reactive ketones (excluding diaryl/α,β-unsaturated/α-hetero) is 1. The number of ether oxygens (including phenoxy) is 1. The molecule has 0 saturated heterocycles. The van der Waals surface area contributed by atoms with Crippen molar-refractivity contribution in [3.63, 3.8) is 0 Å². The maximum Gasteiger partial charge on any atom is 0.178 e. The molecule has 0 aromatic carbocycles. The number of carbonyl (C=O) groups is 1. The van der Waals surface area contributed by atoms with Crippen LogP contribution in [0.3, 0.4) is 0 Å². The molecule has 0 amide bonds. The van der Waals surface area contributed by atoms with Crippen LogP contribution in [0.15, 0.2) is 23.7 Å². The zero-order valence-electron chi connectivity index (χ0n) is 12.1. The summed E-state index contributed by atoms with van der Waals surface area (Å²) in [6.45, 7) is 3.91. The second-order valence-corrected chi connectivity index (χ2v) is 6.94. The Morgan fingerprint density at radius 2 is 2.14 bits per heavy atom. The van der Waals surface area contributed by atoms with Crippen molar-refractivity contribution in [3.8, 4) is 5.75 Å². The summed E-state index contributed by atoms with van der Waals surface area (Å²) >= 11 is 3.22. The van der Waals surface area contributed by atoms with Crippen LogP contribution in [0.25, 0.3) is 9.40 Å². The van der Waals surface area contributed by atoms with E-state index in [1.54, 1.807) is 36.0 Å². The summed E-state index contributed by atoms with van der Waals surface area (Å²) in [4.78, 5) is 17.7. The van der Waals surface area contributed by atoms with Gasteiger partial charge in [-0.1, -0.05) is 0 Å². The molecule has 0 N–H and O–H groups in total.